The zero-order valence-corrected chi connectivity index (χ0v) is 49.4. The standard InChI is InChI=1S/C36H51FN2O.C8H14O2.C8H16.C8H18.C4H10/c1-12-17-33(32(37)16-5)39-29(11)28(10)34(38-22-15-4)24-26(8)30-18-19-31(27(9)23-30)36(20-13-2,21-14-3)35(40)25(6)7;1-6(2)7(9)8(3)4-10-5-8;1-3-4-8-5-7(2)6-8;1-5-7-8(3,4)6-2;1-4(2)3/h12,16-19,22-25,39H,5,8,13-15,20-21H2,1-4,6-7,9-11H3;6H,4-5H2,1-3H3;7-8H,3-6H2,1-2H3;5-7H2,1-4H3;4H,1-3H3/b17-12-,29-28+,33-32-,34-24+,38-22?;;;;. The lowest BCUT2D eigenvalue weighted by atomic mass is 9.66. The van der Waals surface area contributed by atoms with E-state index in [0.29, 0.717) is 35.9 Å². The van der Waals surface area contributed by atoms with Gasteiger partial charge in [0.1, 0.15) is 17.4 Å². The Morgan fingerprint density at radius 3 is 1.80 bits per heavy atom. The lowest BCUT2D eigenvalue weighted by molar-refractivity contribution is -0.158. The van der Waals surface area contributed by atoms with E-state index in [1.165, 1.54) is 51.0 Å². The number of Topliss-reactive ketones (excluding diaryl/α,β-unsaturated/α-hetero) is 2. The average Bonchev–Trinajstić information content (AvgIpc) is 3.28. The van der Waals surface area contributed by atoms with Crippen molar-refractivity contribution >= 4 is 23.4 Å². The van der Waals surface area contributed by atoms with E-state index < -0.39 is 11.2 Å². The largest absolute Gasteiger partial charge is 0.379 e. The summed E-state index contributed by atoms with van der Waals surface area (Å²) in [6, 6.07) is 6.35. The Morgan fingerprint density at radius 2 is 1.46 bits per heavy atom. The minimum atomic E-state index is -0.463. The van der Waals surface area contributed by atoms with Crippen molar-refractivity contribution in [2.75, 3.05) is 13.2 Å². The molecule has 1 aliphatic heterocycles. The molecular weight excluding hydrogens is 864 g/mol. The number of aryl methyl sites for hydroxylation is 1. The molecule has 2 fully saturated rings. The normalized spacial score (nSPS) is 17.3. The molecule has 0 unspecified atom stereocenters. The molecule has 0 amide bonds. The number of benzene rings is 1. The maximum Gasteiger partial charge on any atom is 0.146 e. The van der Waals surface area contributed by atoms with E-state index in [-0.39, 0.29) is 17.3 Å². The number of carbonyl (C=O) groups is 2. The number of aliphatic imine (C=N–C) groups is 1. The van der Waals surface area contributed by atoms with Gasteiger partial charge in [-0.2, -0.15) is 0 Å². The molecule has 1 aromatic rings. The molecule has 0 atom stereocenters. The van der Waals surface area contributed by atoms with Gasteiger partial charge in [0.15, 0.2) is 0 Å². The van der Waals surface area contributed by atoms with Crippen molar-refractivity contribution in [3.8, 4) is 0 Å². The number of halogens is 1. The van der Waals surface area contributed by atoms with Crippen LogP contribution in [-0.2, 0) is 19.7 Å². The van der Waals surface area contributed by atoms with Gasteiger partial charge in [-0.25, -0.2) is 4.39 Å². The van der Waals surface area contributed by atoms with Crippen LogP contribution in [0, 0.1) is 47.3 Å². The van der Waals surface area contributed by atoms with Gasteiger partial charge in [0.2, 0.25) is 0 Å². The predicted octanol–water partition coefficient (Wildman–Crippen LogP) is 19.2. The Bertz CT molecular complexity index is 1850. The predicted molar refractivity (Wildman–Crippen MR) is 308 cm³/mol. The third kappa shape index (κ3) is 24.7. The Morgan fingerprint density at radius 1 is 0.914 bits per heavy atom. The molecule has 1 N–H and O–H groups in total. The summed E-state index contributed by atoms with van der Waals surface area (Å²) in [6.45, 7) is 53.4. The van der Waals surface area contributed by atoms with E-state index in [0.717, 1.165) is 89.1 Å². The molecule has 0 bridgehead atoms. The van der Waals surface area contributed by atoms with Crippen LogP contribution in [0.2, 0.25) is 0 Å². The molecule has 2 aliphatic rings. The van der Waals surface area contributed by atoms with Gasteiger partial charge in [0, 0.05) is 23.7 Å². The molecule has 0 radical (unpaired) electrons. The third-order valence-electron chi connectivity index (χ3n) is 13.2. The zero-order valence-electron chi connectivity index (χ0n) is 49.4. The first kappa shape index (κ1) is 68.4. The highest BCUT2D eigenvalue weighted by atomic mass is 19.1. The molecule has 1 saturated carbocycles. The zero-order chi connectivity index (χ0) is 54.4. The van der Waals surface area contributed by atoms with Gasteiger partial charge in [-0.1, -0.05) is 187 Å². The number of ether oxygens (including phenoxy) is 1. The summed E-state index contributed by atoms with van der Waals surface area (Å²) in [4.78, 5) is 29.7. The lowest BCUT2D eigenvalue weighted by Crippen LogP contribution is -2.48. The maximum absolute atomic E-state index is 14.3. The maximum atomic E-state index is 14.3. The number of carbonyl (C=O) groups excluding carboxylic acids is 2. The van der Waals surface area contributed by atoms with Crippen LogP contribution >= 0.6 is 0 Å². The smallest absolute Gasteiger partial charge is 0.146 e. The van der Waals surface area contributed by atoms with Crippen LogP contribution in [0.1, 0.15) is 232 Å². The summed E-state index contributed by atoms with van der Waals surface area (Å²) < 4.78 is 19.3. The van der Waals surface area contributed by atoms with Crippen molar-refractivity contribution in [3.05, 3.63) is 101 Å². The van der Waals surface area contributed by atoms with Crippen molar-refractivity contribution in [2.24, 2.45) is 45.4 Å². The second-order valence-electron chi connectivity index (χ2n) is 22.5. The summed E-state index contributed by atoms with van der Waals surface area (Å²) in [6.07, 6.45) is 22.7. The summed E-state index contributed by atoms with van der Waals surface area (Å²) in [7, 11) is 0. The topological polar surface area (TPSA) is 67.8 Å². The summed E-state index contributed by atoms with van der Waals surface area (Å²) in [5.74, 6) is 3.34. The Balaban J connectivity index is 0. The number of hydrogen-bond donors (Lipinski definition) is 1. The number of hydrogen-bond acceptors (Lipinski definition) is 5. The Hall–Kier alpha value is -3.64. The van der Waals surface area contributed by atoms with E-state index in [1.807, 2.05) is 74.6 Å². The van der Waals surface area contributed by atoms with Crippen LogP contribution in [0.15, 0.2) is 89.1 Å². The number of ketones is 2. The van der Waals surface area contributed by atoms with E-state index in [9.17, 15) is 14.0 Å². The van der Waals surface area contributed by atoms with Crippen molar-refractivity contribution in [1.82, 2.24) is 5.32 Å². The molecule has 400 valence electrons. The van der Waals surface area contributed by atoms with Gasteiger partial charge >= 0.3 is 0 Å². The van der Waals surface area contributed by atoms with Crippen LogP contribution in [-0.4, -0.2) is 31.0 Å². The lowest BCUT2D eigenvalue weighted by Gasteiger charge is -2.37. The first-order valence-electron chi connectivity index (χ1n) is 27.5. The van der Waals surface area contributed by atoms with Gasteiger partial charge in [0.25, 0.3) is 0 Å². The van der Waals surface area contributed by atoms with Gasteiger partial charge in [-0.05, 0) is 142 Å². The first-order valence-corrected chi connectivity index (χ1v) is 27.5. The third-order valence-corrected chi connectivity index (χ3v) is 13.2. The summed E-state index contributed by atoms with van der Waals surface area (Å²) in [5.41, 5.74) is 6.75. The fraction of sp³-hybridized carbons (Fsp3) is 0.672. The molecule has 6 heteroatoms. The van der Waals surface area contributed by atoms with Crippen LogP contribution in [0.4, 0.5) is 4.39 Å². The van der Waals surface area contributed by atoms with E-state index >= 15 is 0 Å². The van der Waals surface area contributed by atoms with Crippen molar-refractivity contribution in [3.63, 3.8) is 0 Å². The highest BCUT2D eigenvalue weighted by Gasteiger charge is 2.42. The minimum absolute atomic E-state index is 0.0243. The van der Waals surface area contributed by atoms with Crippen molar-refractivity contribution < 1.29 is 18.7 Å². The van der Waals surface area contributed by atoms with Gasteiger partial charge in [-0.15, -0.1) is 0 Å². The molecule has 0 spiro atoms. The summed E-state index contributed by atoms with van der Waals surface area (Å²) in [5, 5.41) is 3.16. The average molecular weight is 974 g/mol. The molecule has 1 aromatic carbocycles. The van der Waals surface area contributed by atoms with Crippen LogP contribution in [0.3, 0.4) is 0 Å². The van der Waals surface area contributed by atoms with Crippen LogP contribution in [0.5, 0.6) is 0 Å². The van der Waals surface area contributed by atoms with Crippen LogP contribution < -0.4 is 5.32 Å². The van der Waals surface area contributed by atoms with E-state index in [2.05, 4.69) is 120 Å². The Labute approximate surface area is 433 Å². The van der Waals surface area contributed by atoms with Crippen molar-refractivity contribution in [1.29, 1.82) is 0 Å². The number of rotatable bonds is 23. The fourth-order valence-electron chi connectivity index (χ4n) is 9.02. The molecule has 1 heterocycles. The fourth-order valence-corrected chi connectivity index (χ4v) is 9.02. The second-order valence-corrected chi connectivity index (χ2v) is 22.5. The highest BCUT2D eigenvalue weighted by Crippen LogP contribution is 2.40. The first-order chi connectivity index (χ1) is 32.7. The molecule has 1 aliphatic carbocycles. The summed E-state index contributed by atoms with van der Waals surface area (Å²) >= 11 is 0. The van der Waals surface area contributed by atoms with Crippen molar-refractivity contribution in [2.45, 2.75) is 228 Å². The highest BCUT2D eigenvalue weighted by molar-refractivity contribution is 5.92. The molecule has 0 aromatic heterocycles. The van der Waals surface area contributed by atoms with Gasteiger partial charge < -0.3 is 10.1 Å². The molecule has 3 rings (SSSR count). The molecular formula is C64H109FN2O3. The van der Waals surface area contributed by atoms with Crippen LogP contribution in [0.25, 0.3) is 5.57 Å². The quantitative estimate of drug-likeness (QED) is 0.0876. The number of nitrogens with one attached hydrogen (secondary N) is 1. The van der Waals surface area contributed by atoms with E-state index in [4.69, 9.17) is 9.73 Å². The molecule has 70 heavy (non-hydrogen) atoms. The molecule has 5 nitrogen and oxygen atoms in total. The number of allylic oxidation sites excluding steroid dienone is 8. The monoisotopic (exact) mass is 973 g/mol. The molecule has 1 saturated heterocycles. The van der Waals surface area contributed by atoms with E-state index in [1.54, 1.807) is 12.2 Å². The second kappa shape index (κ2) is 35.5. The Kier molecular flexibility index (Phi) is 34.7. The number of nitrogens with zero attached hydrogens (tertiary/aromatic N) is 1. The van der Waals surface area contributed by atoms with Gasteiger partial charge in [-0.3, -0.25) is 14.6 Å². The SMILES string of the molecule is C=C/C(F)=C(\C=C/C)N/C(C)=C(C)/C(=C\C(=C)c1ccc(C(CCC)(CCC)C(=O)C(C)C)c(C)c1)N=CCC.CC(C)C.CC(C)C(=O)C1(C)COC1.CCCC(C)(C)CC.CCCC1CC(C)C1. The van der Waals surface area contributed by atoms with Gasteiger partial charge in [0.05, 0.1) is 35.4 Å². The minimum Gasteiger partial charge on any atom is -0.379 e.